The third-order valence-electron chi connectivity index (χ3n) is 7.64. The number of hydrogen-bond acceptors (Lipinski definition) is 7. The second-order valence-electron chi connectivity index (χ2n) is 10.3. The van der Waals surface area contributed by atoms with Crippen LogP contribution >= 0.6 is 23.2 Å². The Bertz CT molecular complexity index is 1280. The number of imidazole rings is 1. The van der Waals surface area contributed by atoms with Crippen LogP contribution in [0, 0.1) is 0 Å². The second kappa shape index (κ2) is 13.4. The quantitative estimate of drug-likeness (QED) is 0.320. The van der Waals surface area contributed by atoms with Gasteiger partial charge < -0.3 is 28.6 Å². The fourth-order valence-corrected chi connectivity index (χ4v) is 5.90. The summed E-state index contributed by atoms with van der Waals surface area (Å²) in [5.74, 6) is -0.118. The fourth-order valence-electron chi connectivity index (χ4n) is 5.35. The van der Waals surface area contributed by atoms with Crippen LogP contribution in [0.3, 0.4) is 0 Å². The Hall–Kier alpha value is -2.82. The molecule has 0 spiro atoms. The van der Waals surface area contributed by atoms with Gasteiger partial charge in [0.1, 0.15) is 18.5 Å². The van der Waals surface area contributed by atoms with E-state index < -0.39 is 5.79 Å². The first kappa shape index (κ1) is 29.7. The Labute approximate surface area is 251 Å². The van der Waals surface area contributed by atoms with Crippen molar-refractivity contribution < 1.29 is 19.0 Å². The number of anilines is 1. The zero-order valence-electron chi connectivity index (χ0n) is 23.5. The number of likely N-dealkylation sites (N-methyl/N-ethyl adjacent to an activating group) is 1. The van der Waals surface area contributed by atoms with Gasteiger partial charge in [-0.1, -0.05) is 29.3 Å². The molecule has 0 N–H and O–H groups in total. The van der Waals surface area contributed by atoms with Gasteiger partial charge in [0.2, 0.25) is 11.7 Å². The van der Waals surface area contributed by atoms with Crippen molar-refractivity contribution >= 4 is 34.8 Å². The van der Waals surface area contributed by atoms with Crippen LogP contribution < -0.4 is 9.64 Å². The van der Waals surface area contributed by atoms with Crippen molar-refractivity contribution in [3.05, 3.63) is 76.8 Å². The highest BCUT2D eigenvalue weighted by Crippen LogP contribution is 2.40. The number of piperazine rings is 1. The third-order valence-corrected chi connectivity index (χ3v) is 8.18. The molecule has 0 aliphatic carbocycles. The molecule has 1 amide bonds. The van der Waals surface area contributed by atoms with Crippen molar-refractivity contribution in [1.29, 1.82) is 0 Å². The van der Waals surface area contributed by atoms with Gasteiger partial charge in [0.15, 0.2) is 0 Å². The molecule has 0 unspecified atom stereocenters. The van der Waals surface area contributed by atoms with Crippen LogP contribution in [0.5, 0.6) is 5.75 Å². The summed E-state index contributed by atoms with van der Waals surface area (Å²) in [5.41, 5.74) is 1.85. The molecule has 0 radical (unpaired) electrons. The van der Waals surface area contributed by atoms with Crippen molar-refractivity contribution in [2.45, 2.75) is 32.3 Å². The number of amides is 1. The molecule has 3 heterocycles. The minimum atomic E-state index is -1.08. The number of halogens is 2. The molecular weight excluding hydrogens is 565 g/mol. The van der Waals surface area contributed by atoms with E-state index in [-0.39, 0.29) is 12.0 Å². The molecule has 0 saturated carbocycles. The number of aromatic nitrogens is 2. The van der Waals surface area contributed by atoms with Crippen LogP contribution in [-0.4, -0.2) is 90.4 Å². The first-order valence-corrected chi connectivity index (χ1v) is 14.9. The Morgan fingerprint density at radius 1 is 1.10 bits per heavy atom. The summed E-state index contributed by atoms with van der Waals surface area (Å²) in [6.45, 7) is 10.6. The monoisotopic (exact) mass is 601 g/mol. The molecule has 5 rings (SSSR count). The molecule has 2 saturated heterocycles. The zero-order chi connectivity index (χ0) is 28.8. The highest BCUT2D eigenvalue weighted by molar-refractivity contribution is 6.35. The molecular formula is C30H37Cl2N5O4. The van der Waals surface area contributed by atoms with Crippen LogP contribution in [-0.2, 0) is 26.6 Å². The first-order chi connectivity index (χ1) is 19.9. The Morgan fingerprint density at radius 3 is 2.51 bits per heavy atom. The van der Waals surface area contributed by atoms with Gasteiger partial charge in [-0.2, -0.15) is 0 Å². The lowest BCUT2D eigenvalue weighted by Gasteiger charge is -2.36. The zero-order valence-corrected chi connectivity index (χ0v) is 25.1. The number of benzene rings is 2. The molecule has 3 aromatic rings. The largest absolute Gasteiger partial charge is 0.491 e. The molecule has 11 heteroatoms. The SMILES string of the molecule is CCN(CC)C(=O)CN1CCN(c2ccc(OC[C@@H]3CO[C@@](Cn4ccnc4)(c4ccc(Cl)cc4Cl)O3)cc2)CC1. The lowest BCUT2D eigenvalue weighted by atomic mass is 10.1. The fraction of sp³-hybridized carbons (Fsp3) is 0.467. The topological polar surface area (TPSA) is 72.3 Å². The maximum absolute atomic E-state index is 12.5. The van der Waals surface area contributed by atoms with Gasteiger partial charge >= 0.3 is 0 Å². The number of nitrogens with zero attached hydrogens (tertiary/aromatic N) is 5. The number of rotatable bonds is 11. The molecule has 2 atom stereocenters. The van der Waals surface area contributed by atoms with Gasteiger partial charge in [0, 0.05) is 67.9 Å². The van der Waals surface area contributed by atoms with Gasteiger partial charge in [-0.3, -0.25) is 9.69 Å². The predicted octanol–water partition coefficient (Wildman–Crippen LogP) is 4.53. The summed E-state index contributed by atoms with van der Waals surface area (Å²) in [6, 6.07) is 13.4. The first-order valence-electron chi connectivity index (χ1n) is 14.1. The van der Waals surface area contributed by atoms with Crippen LogP contribution in [0.2, 0.25) is 10.0 Å². The average molecular weight is 603 g/mol. The third kappa shape index (κ3) is 7.16. The molecule has 1 aromatic heterocycles. The smallest absolute Gasteiger partial charge is 0.236 e. The van der Waals surface area contributed by atoms with E-state index in [1.165, 1.54) is 0 Å². The molecule has 2 aromatic carbocycles. The van der Waals surface area contributed by atoms with Crippen molar-refractivity contribution in [1.82, 2.24) is 19.4 Å². The van der Waals surface area contributed by atoms with Gasteiger partial charge in [-0.25, -0.2) is 4.98 Å². The van der Waals surface area contributed by atoms with Crippen molar-refractivity contribution in [3.63, 3.8) is 0 Å². The van der Waals surface area contributed by atoms with E-state index in [9.17, 15) is 4.79 Å². The van der Waals surface area contributed by atoms with Crippen molar-refractivity contribution in [2.75, 3.05) is 63.9 Å². The number of carbonyl (C=O) groups is 1. The number of ether oxygens (including phenoxy) is 3. The van der Waals surface area contributed by atoms with E-state index in [1.54, 1.807) is 24.7 Å². The molecule has 220 valence electrons. The Kier molecular flexibility index (Phi) is 9.72. The molecule has 9 nitrogen and oxygen atoms in total. The maximum atomic E-state index is 12.5. The van der Waals surface area contributed by atoms with Crippen LogP contribution in [0.15, 0.2) is 61.2 Å². The van der Waals surface area contributed by atoms with E-state index in [0.717, 1.165) is 50.7 Å². The van der Waals surface area contributed by atoms with E-state index in [2.05, 4.69) is 26.9 Å². The highest BCUT2D eigenvalue weighted by Gasteiger charge is 2.45. The highest BCUT2D eigenvalue weighted by atomic mass is 35.5. The van der Waals surface area contributed by atoms with E-state index in [1.807, 2.05) is 47.7 Å². The summed E-state index contributed by atoms with van der Waals surface area (Å²) < 4.78 is 20.7. The molecule has 0 bridgehead atoms. The number of carbonyl (C=O) groups excluding carboxylic acids is 1. The standard InChI is InChI=1S/C30H37Cl2N5O4/c1-3-36(4-2)29(38)18-34-13-15-37(16-14-34)24-6-8-25(9-7-24)39-19-26-20-40-30(41-26,21-35-12-11-33-22-35)27-10-5-23(31)17-28(27)32/h5-12,17,22,26H,3-4,13-16,18-21H2,1-2H3/t26-,30-/m1/s1. The Balaban J connectivity index is 1.15. The minimum Gasteiger partial charge on any atom is -0.491 e. The molecule has 2 aliphatic heterocycles. The summed E-state index contributed by atoms with van der Waals surface area (Å²) in [7, 11) is 0. The average Bonchev–Trinajstić information content (AvgIpc) is 3.64. The van der Waals surface area contributed by atoms with Gasteiger partial charge in [0.05, 0.1) is 31.0 Å². The summed E-state index contributed by atoms with van der Waals surface area (Å²) in [4.78, 5) is 23.1. The van der Waals surface area contributed by atoms with E-state index >= 15 is 0 Å². The summed E-state index contributed by atoms with van der Waals surface area (Å²) in [6.07, 6.45) is 4.99. The van der Waals surface area contributed by atoms with Gasteiger partial charge in [-0.15, -0.1) is 0 Å². The Morgan fingerprint density at radius 2 is 1.85 bits per heavy atom. The van der Waals surface area contributed by atoms with Crippen molar-refractivity contribution in [2.24, 2.45) is 0 Å². The van der Waals surface area contributed by atoms with Gasteiger partial charge in [0.25, 0.3) is 0 Å². The maximum Gasteiger partial charge on any atom is 0.236 e. The van der Waals surface area contributed by atoms with Crippen LogP contribution in [0.25, 0.3) is 0 Å². The van der Waals surface area contributed by atoms with E-state index in [0.29, 0.717) is 41.9 Å². The predicted molar refractivity (Wildman–Crippen MR) is 160 cm³/mol. The van der Waals surface area contributed by atoms with Crippen molar-refractivity contribution in [3.8, 4) is 5.75 Å². The normalized spacial score (nSPS) is 21.3. The lowest BCUT2D eigenvalue weighted by molar-refractivity contribution is -0.189. The van der Waals surface area contributed by atoms with Gasteiger partial charge in [-0.05, 0) is 50.2 Å². The minimum absolute atomic E-state index is 0.205. The second-order valence-corrected chi connectivity index (χ2v) is 11.1. The summed E-state index contributed by atoms with van der Waals surface area (Å²) in [5, 5.41) is 1.02. The van der Waals surface area contributed by atoms with E-state index in [4.69, 9.17) is 37.4 Å². The molecule has 2 aliphatic rings. The molecule has 41 heavy (non-hydrogen) atoms. The van der Waals surface area contributed by atoms with Crippen LogP contribution in [0.4, 0.5) is 5.69 Å². The lowest BCUT2D eigenvalue weighted by Crippen LogP contribution is -2.50. The molecule has 2 fully saturated rings. The number of hydrogen-bond donors (Lipinski definition) is 0. The van der Waals surface area contributed by atoms with Crippen LogP contribution in [0.1, 0.15) is 19.4 Å². The summed E-state index contributed by atoms with van der Waals surface area (Å²) >= 11 is 12.7.